The first-order valence-corrected chi connectivity index (χ1v) is 11.0. The second-order valence-corrected chi connectivity index (χ2v) is 9.36. The van der Waals surface area contributed by atoms with E-state index in [0.29, 0.717) is 0 Å². The topological polar surface area (TPSA) is 9.23 Å². The van der Waals surface area contributed by atoms with Crippen molar-refractivity contribution in [3.8, 4) is 11.5 Å². The van der Waals surface area contributed by atoms with Crippen molar-refractivity contribution >= 4 is 0 Å². The molecule has 1 aliphatic rings. The molecule has 4 rings (SSSR count). The van der Waals surface area contributed by atoms with Crippen LogP contribution in [-0.2, 0) is 0 Å². The predicted octanol–water partition coefficient (Wildman–Crippen LogP) is 8.06. The standard InChI is InChI=1S/C29H34O/c1-14-11-12-24(13-15(14)2)27-25-20(7)16(3)18(5)22(9)28(25)30-29-23(10)19(6)17(4)21(8)26(27)29/h11-13,27H,1-10H3. The van der Waals surface area contributed by atoms with E-state index in [1.807, 2.05) is 0 Å². The van der Waals surface area contributed by atoms with Gasteiger partial charge >= 0.3 is 0 Å². The maximum atomic E-state index is 6.78. The van der Waals surface area contributed by atoms with Crippen LogP contribution in [0.25, 0.3) is 0 Å². The lowest BCUT2D eigenvalue weighted by Crippen LogP contribution is -2.19. The Balaban J connectivity index is 2.18. The SMILES string of the molecule is Cc1ccc(C2c3c(C)c(C)c(C)c(C)c3Oc3c(C)c(C)c(C)c(C)c32)cc1C. The Morgan fingerprint density at radius 2 is 0.933 bits per heavy atom. The molecule has 3 aromatic carbocycles. The zero-order valence-electron chi connectivity index (χ0n) is 20.2. The van der Waals surface area contributed by atoms with E-state index in [2.05, 4.69) is 87.4 Å². The smallest absolute Gasteiger partial charge is 0.135 e. The molecule has 3 aromatic rings. The summed E-state index contributed by atoms with van der Waals surface area (Å²) in [4.78, 5) is 0. The molecule has 1 heterocycles. The fourth-order valence-electron chi connectivity index (χ4n) is 5.10. The molecule has 0 spiro atoms. The van der Waals surface area contributed by atoms with E-state index < -0.39 is 0 Å². The zero-order valence-corrected chi connectivity index (χ0v) is 20.2. The van der Waals surface area contributed by atoms with Gasteiger partial charge in [-0.3, -0.25) is 0 Å². The summed E-state index contributed by atoms with van der Waals surface area (Å²) in [5.74, 6) is 2.33. The first-order chi connectivity index (χ1) is 14.1. The highest BCUT2D eigenvalue weighted by molar-refractivity contribution is 5.70. The summed E-state index contributed by atoms with van der Waals surface area (Å²) in [6, 6.07) is 6.97. The lowest BCUT2D eigenvalue weighted by molar-refractivity contribution is 0.442. The molecule has 1 heteroatoms. The minimum Gasteiger partial charge on any atom is -0.456 e. The van der Waals surface area contributed by atoms with E-state index >= 15 is 0 Å². The molecule has 0 unspecified atom stereocenters. The number of hydrogen-bond donors (Lipinski definition) is 0. The van der Waals surface area contributed by atoms with Gasteiger partial charge in [-0.1, -0.05) is 18.2 Å². The molecule has 1 nitrogen and oxygen atoms in total. The van der Waals surface area contributed by atoms with E-state index in [9.17, 15) is 0 Å². The second kappa shape index (κ2) is 7.01. The molecule has 0 amide bonds. The lowest BCUT2D eigenvalue weighted by Gasteiger charge is -2.36. The summed E-state index contributed by atoms with van der Waals surface area (Å²) in [7, 11) is 0. The van der Waals surface area contributed by atoms with Gasteiger partial charge in [-0.25, -0.2) is 0 Å². The molecule has 156 valence electrons. The van der Waals surface area contributed by atoms with Crippen molar-refractivity contribution in [2.75, 3.05) is 0 Å². The van der Waals surface area contributed by atoms with Crippen molar-refractivity contribution in [1.29, 1.82) is 0 Å². The molecule has 0 fully saturated rings. The van der Waals surface area contributed by atoms with Gasteiger partial charge in [-0.05, 0) is 130 Å². The summed E-state index contributed by atoms with van der Waals surface area (Å²) in [5, 5.41) is 0. The minimum absolute atomic E-state index is 0.194. The van der Waals surface area contributed by atoms with Gasteiger partial charge in [-0.15, -0.1) is 0 Å². The van der Waals surface area contributed by atoms with E-state index in [1.165, 1.54) is 72.3 Å². The highest BCUT2D eigenvalue weighted by Crippen LogP contribution is 2.54. The molecule has 30 heavy (non-hydrogen) atoms. The largest absolute Gasteiger partial charge is 0.456 e. The molecular weight excluding hydrogens is 364 g/mol. The number of benzene rings is 3. The van der Waals surface area contributed by atoms with Gasteiger partial charge in [-0.2, -0.15) is 0 Å². The van der Waals surface area contributed by atoms with Gasteiger partial charge in [0.05, 0.1) is 0 Å². The summed E-state index contributed by atoms with van der Waals surface area (Å²) >= 11 is 0. The Morgan fingerprint density at radius 3 is 1.37 bits per heavy atom. The highest BCUT2D eigenvalue weighted by Gasteiger charge is 2.36. The first-order valence-electron chi connectivity index (χ1n) is 11.0. The summed E-state index contributed by atoms with van der Waals surface area (Å²) in [6.45, 7) is 22.3. The normalized spacial score (nSPS) is 13.1. The Labute approximate surface area is 182 Å². The quantitative estimate of drug-likeness (QED) is 0.315. The monoisotopic (exact) mass is 398 g/mol. The van der Waals surface area contributed by atoms with Gasteiger partial charge in [0.1, 0.15) is 11.5 Å². The van der Waals surface area contributed by atoms with Gasteiger partial charge < -0.3 is 4.74 Å². The van der Waals surface area contributed by atoms with Crippen LogP contribution < -0.4 is 4.74 Å². The highest BCUT2D eigenvalue weighted by atomic mass is 16.5. The number of fused-ring (bicyclic) bond motifs is 2. The molecule has 0 bridgehead atoms. The van der Waals surface area contributed by atoms with Crippen molar-refractivity contribution < 1.29 is 4.74 Å². The molecule has 0 aromatic heterocycles. The summed E-state index contributed by atoms with van der Waals surface area (Å²) in [6.07, 6.45) is 0. The van der Waals surface area contributed by atoms with E-state index in [-0.39, 0.29) is 5.92 Å². The number of hydrogen-bond acceptors (Lipinski definition) is 1. The van der Waals surface area contributed by atoms with E-state index in [4.69, 9.17) is 4.74 Å². The van der Waals surface area contributed by atoms with Crippen LogP contribution in [0.15, 0.2) is 18.2 Å². The molecule has 1 aliphatic heterocycles. The van der Waals surface area contributed by atoms with Crippen LogP contribution in [0, 0.1) is 69.2 Å². The van der Waals surface area contributed by atoms with Gasteiger partial charge in [0.25, 0.3) is 0 Å². The van der Waals surface area contributed by atoms with Crippen LogP contribution in [0.3, 0.4) is 0 Å². The van der Waals surface area contributed by atoms with E-state index in [1.54, 1.807) is 0 Å². The fraction of sp³-hybridized carbons (Fsp3) is 0.379. The second-order valence-electron chi connectivity index (χ2n) is 9.36. The third-order valence-corrected chi connectivity index (χ3v) is 8.00. The Bertz CT molecular complexity index is 1140. The van der Waals surface area contributed by atoms with Gasteiger partial charge in [0, 0.05) is 17.0 Å². The van der Waals surface area contributed by atoms with E-state index in [0.717, 1.165) is 11.5 Å². The fourth-order valence-corrected chi connectivity index (χ4v) is 5.10. The Kier molecular flexibility index (Phi) is 4.84. The maximum Gasteiger partial charge on any atom is 0.135 e. The first kappa shape index (κ1) is 20.7. The Hall–Kier alpha value is -2.54. The van der Waals surface area contributed by atoms with Crippen molar-refractivity contribution in [3.63, 3.8) is 0 Å². The average Bonchev–Trinajstić information content (AvgIpc) is 2.73. The van der Waals surface area contributed by atoms with Crippen LogP contribution in [0.2, 0.25) is 0 Å². The number of ether oxygens (including phenoxy) is 1. The molecule has 0 saturated carbocycles. The molecule has 0 N–H and O–H groups in total. The third-order valence-electron chi connectivity index (χ3n) is 8.00. The number of rotatable bonds is 1. The van der Waals surface area contributed by atoms with Crippen molar-refractivity contribution in [1.82, 2.24) is 0 Å². The van der Waals surface area contributed by atoms with Crippen molar-refractivity contribution in [3.05, 3.63) is 90.5 Å². The maximum absolute atomic E-state index is 6.78. The average molecular weight is 399 g/mol. The molecule has 0 aliphatic carbocycles. The molecular formula is C29H34O. The van der Waals surface area contributed by atoms with Crippen LogP contribution >= 0.6 is 0 Å². The van der Waals surface area contributed by atoms with Crippen LogP contribution in [-0.4, -0.2) is 0 Å². The lowest BCUT2D eigenvalue weighted by atomic mass is 9.74. The zero-order chi connectivity index (χ0) is 22.1. The van der Waals surface area contributed by atoms with Gasteiger partial charge in [0.15, 0.2) is 0 Å². The summed E-state index contributed by atoms with van der Waals surface area (Å²) < 4.78 is 6.78. The Morgan fingerprint density at radius 1 is 0.500 bits per heavy atom. The van der Waals surface area contributed by atoms with Crippen LogP contribution in [0.5, 0.6) is 11.5 Å². The predicted molar refractivity (Wildman–Crippen MR) is 128 cm³/mol. The minimum atomic E-state index is 0.194. The summed E-state index contributed by atoms with van der Waals surface area (Å²) in [5.41, 5.74) is 17.4. The molecule has 0 saturated heterocycles. The molecule has 0 radical (unpaired) electrons. The van der Waals surface area contributed by atoms with Crippen molar-refractivity contribution in [2.24, 2.45) is 0 Å². The van der Waals surface area contributed by atoms with Crippen molar-refractivity contribution in [2.45, 2.75) is 75.2 Å². The van der Waals surface area contributed by atoms with Gasteiger partial charge in [0.2, 0.25) is 0 Å². The third kappa shape index (κ3) is 2.75. The molecule has 0 atom stereocenters. The van der Waals surface area contributed by atoms with Crippen LogP contribution in [0.1, 0.15) is 78.2 Å². The number of aryl methyl sites for hydroxylation is 2. The van der Waals surface area contributed by atoms with Crippen LogP contribution in [0.4, 0.5) is 0 Å².